The molecular formula is C34H35F3N6O4. The van der Waals surface area contributed by atoms with Crippen LogP contribution in [0.5, 0.6) is 11.8 Å². The summed E-state index contributed by atoms with van der Waals surface area (Å²) in [5.41, 5.74) is 0.557. The maximum absolute atomic E-state index is 17.3. The number of aryl methyl sites for hydroxylation is 1. The van der Waals surface area contributed by atoms with Crippen LogP contribution in [0.1, 0.15) is 31.7 Å². The highest BCUT2D eigenvalue weighted by Gasteiger charge is 2.49. The number of phenols is 1. The molecule has 3 saturated heterocycles. The molecule has 47 heavy (non-hydrogen) atoms. The van der Waals surface area contributed by atoms with Crippen LogP contribution in [0.2, 0.25) is 0 Å². The lowest BCUT2D eigenvalue weighted by Gasteiger charge is -2.31. The number of aromatic hydroxyl groups is 1. The van der Waals surface area contributed by atoms with E-state index in [2.05, 4.69) is 15.0 Å². The van der Waals surface area contributed by atoms with E-state index in [0.29, 0.717) is 65.6 Å². The quantitative estimate of drug-likeness (QED) is 0.269. The lowest BCUT2D eigenvalue weighted by molar-refractivity contribution is 0.0597. The largest absolute Gasteiger partial charge is 0.508 e. The van der Waals surface area contributed by atoms with Crippen LogP contribution in [-0.4, -0.2) is 98.5 Å². The number of alkyl halides is 1. The smallest absolute Gasteiger partial charge is 0.319 e. The van der Waals surface area contributed by atoms with Crippen LogP contribution in [-0.2, 0) is 11.2 Å². The first kappa shape index (κ1) is 30.2. The molecule has 13 heteroatoms. The van der Waals surface area contributed by atoms with E-state index in [1.54, 1.807) is 12.1 Å². The molecule has 0 aliphatic carbocycles. The predicted molar refractivity (Wildman–Crippen MR) is 170 cm³/mol. The fraction of sp³-hybridized carbons (Fsp3) is 0.441. The van der Waals surface area contributed by atoms with E-state index in [0.717, 1.165) is 19.4 Å². The van der Waals surface area contributed by atoms with Gasteiger partial charge in [-0.25, -0.2) is 17.7 Å². The number of hydrogen-bond acceptors (Lipinski definition) is 9. The zero-order chi connectivity index (χ0) is 32.4. The van der Waals surface area contributed by atoms with Crippen LogP contribution in [0.3, 0.4) is 0 Å². The monoisotopic (exact) mass is 648 g/mol. The van der Waals surface area contributed by atoms with Gasteiger partial charge >= 0.3 is 6.01 Å². The molecule has 0 amide bonds. The van der Waals surface area contributed by atoms with Crippen LogP contribution in [0, 0.1) is 11.6 Å². The van der Waals surface area contributed by atoms with Gasteiger partial charge in [0, 0.05) is 31.6 Å². The lowest BCUT2D eigenvalue weighted by atomic mass is 9.94. The second-order valence-electron chi connectivity index (χ2n) is 12.9. The molecule has 3 fully saturated rings. The van der Waals surface area contributed by atoms with Gasteiger partial charge in [0.2, 0.25) is 0 Å². The zero-order valence-corrected chi connectivity index (χ0v) is 25.9. The number of aliphatic hydroxyl groups excluding tert-OH is 1. The number of β-amino-alcohol motifs (C(OH)–C–C–N with tert-alkyl or cyclic N) is 1. The molecule has 8 rings (SSSR count). The van der Waals surface area contributed by atoms with Crippen molar-refractivity contribution in [2.45, 2.75) is 50.4 Å². The summed E-state index contributed by atoms with van der Waals surface area (Å²) in [6, 6.07) is 7.47. The topological polar surface area (TPSA) is 108 Å². The Balaban J connectivity index is 1.37. The van der Waals surface area contributed by atoms with Crippen molar-refractivity contribution in [3.63, 3.8) is 0 Å². The van der Waals surface area contributed by atoms with E-state index in [-0.39, 0.29) is 48.3 Å². The molecule has 0 radical (unpaired) electrons. The maximum atomic E-state index is 17.3. The van der Waals surface area contributed by atoms with Gasteiger partial charge in [-0.05, 0) is 66.4 Å². The highest BCUT2D eigenvalue weighted by molar-refractivity contribution is 6.07. The highest BCUT2D eigenvalue weighted by atomic mass is 19.1. The average Bonchev–Trinajstić information content (AvgIpc) is 3.71. The van der Waals surface area contributed by atoms with E-state index in [4.69, 9.17) is 14.5 Å². The second-order valence-corrected chi connectivity index (χ2v) is 12.9. The van der Waals surface area contributed by atoms with E-state index in [1.165, 1.54) is 28.9 Å². The summed E-state index contributed by atoms with van der Waals surface area (Å²) in [6.07, 6.45) is 2.15. The van der Waals surface area contributed by atoms with Crippen molar-refractivity contribution in [2.75, 3.05) is 50.9 Å². The predicted octanol–water partition coefficient (Wildman–Crippen LogP) is 4.80. The Morgan fingerprint density at radius 2 is 1.98 bits per heavy atom. The Bertz CT molecular complexity index is 2020. The van der Waals surface area contributed by atoms with Crippen molar-refractivity contribution in [2.24, 2.45) is 0 Å². The Labute approximate surface area is 268 Å². The minimum absolute atomic E-state index is 0.00911. The zero-order valence-electron chi connectivity index (χ0n) is 25.9. The van der Waals surface area contributed by atoms with Crippen LogP contribution in [0.15, 0.2) is 36.5 Å². The van der Waals surface area contributed by atoms with E-state index in [1.807, 2.05) is 11.8 Å². The first-order chi connectivity index (χ1) is 22.8. The maximum Gasteiger partial charge on any atom is 0.319 e. The molecule has 3 aliphatic heterocycles. The normalized spacial score (nSPS) is 23.6. The number of aliphatic hydroxyl groups is 1. The number of pyridine rings is 1. The van der Waals surface area contributed by atoms with Crippen molar-refractivity contribution < 1.29 is 32.9 Å². The molecule has 0 spiro atoms. The molecule has 0 bridgehead atoms. The van der Waals surface area contributed by atoms with Crippen molar-refractivity contribution in [3.05, 3.63) is 53.7 Å². The Morgan fingerprint density at radius 1 is 1.11 bits per heavy atom. The van der Waals surface area contributed by atoms with Crippen LogP contribution < -0.4 is 9.64 Å². The van der Waals surface area contributed by atoms with E-state index < -0.39 is 29.4 Å². The standard InChI is InChI=1S/C34H35F3N6O4/c1-2-23-25(36)5-4-19-12-21(44)13-24(27(19)23)31-29(37)30-28(26-6-8-38-43(26)31)32(41-10-11-46-17-22(45)16-41)40-33(39-30)47-18-34-7-3-9-42(34)15-20(35)14-34/h4-6,8,12-13,20,22,44-45H,2-3,7,9-11,14-18H2,1H3. The Kier molecular flexibility index (Phi) is 7.38. The molecule has 2 aromatic carbocycles. The molecule has 0 saturated carbocycles. The van der Waals surface area contributed by atoms with E-state index >= 15 is 8.78 Å². The first-order valence-corrected chi connectivity index (χ1v) is 16.1. The number of halogens is 3. The van der Waals surface area contributed by atoms with Crippen LogP contribution in [0.25, 0.3) is 38.4 Å². The third-order valence-corrected chi connectivity index (χ3v) is 9.93. The van der Waals surface area contributed by atoms with Gasteiger partial charge in [-0.2, -0.15) is 15.1 Å². The number of phenolic OH excluding ortho intramolecular Hbond substituents is 1. The molecule has 5 aromatic rings. The number of aromatic nitrogens is 4. The molecular weight excluding hydrogens is 613 g/mol. The summed E-state index contributed by atoms with van der Waals surface area (Å²) in [4.78, 5) is 13.3. The SMILES string of the molecule is CCc1c(F)ccc2cc(O)cc(-c3c(F)c4nc(OCC56CCCN5CC(F)C6)nc(N5CCOCC(O)C5)c4c4ccnn34)c12. The summed E-state index contributed by atoms with van der Waals surface area (Å²) in [7, 11) is 0. The van der Waals surface area contributed by atoms with Crippen molar-refractivity contribution in [1.29, 1.82) is 0 Å². The molecule has 3 aliphatic rings. The van der Waals surface area contributed by atoms with Gasteiger partial charge in [0.15, 0.2) is 5.82 Å². The Hall–Kier alpha value is -4.20. The lowest BCUT2D eigenvalue weighted by Crippen LogP contribution is -2.43. The van der Waals surface area contributed by atoms with Crippen molar-refractivity contribution in [1.82, 2.24) is 24.5 Å². The molecule has 2 N–H and O–H groups in total. The second kappa shape index (κ2) is 11.5. The molecule has 6 heterocycles. The summed E-state index contributed by atoms with van der Waals surface area (Å²) >= 11 is 0. The number of rotatable bonds is 6. The molecule has 246 valence electrons. The van der Waals surface area contributed by atoms with Gasteiger partial charge < -0.3 is 24.6 Å². The van der Waals surface area contributed by atoms with Gasteiger partial charge in [-0.3, -0.25) is 4.90 Å². The fourth-order valence-electron chi connectivity index (χ4n) is 7.89. The fourth-order valence-corrected chi connectivity index (χ4v) is 7.89. The summed E-state index contributed by atoms with van der Waals surface area (Å²) in [5, 5.41) is 27.2. The summed E-state index contributed by atoms with van der Waals surface area (Å²) < 4.78 is 60.2. The molecule has 3 aromatic heterocycles. The number of benzene rings is 2. The van der Waals surface area contributed by atoms with Gasteiger partial charge in [0.1, 0.15) is 41.4 Å². The van der Waals surface area contributed by atoms with Crippen LogP contribution in [0.4, 0.5) is 19.0 Å². The first-order valence-electron chi connectivity index (χ1n) is 16.1. The third-order valence-electron chi connectivity index (χ3n) is 9.93. The molecule has 3 atom stereocenters. The summed E-state index contributed by atoms with van der Waals surface area (Å²) in [6.45, 7) is 4.10. The molecule has 10 nitrogen and oxygen atoms in total. The van der Waals surface area contributed by atoms with Crippen molar-refractivity contribution in [3.8, 4) is 23.0 Å². The van der Waals surface area contributed by atoms with E-state index in [9.17, 15) is 14.6 Å². The molecule has 3 unspecified atom stereocenters. The van der Waals surface area contributed by atoms with Gasteiger partial charge in [-0.15, -0.1) is 0 Å². The summed E-state index contributed by atoms with van der Waals surface area (Å²) in [5.74, 6) is -0.980. The van der Waals surface area contributed by atoms with Crippen LogP contribution >= 0.6 is 0 Å². The average molecular weight is 649 g/mol. The van der Waals surface area contributed by atoms with Gasteiger partial charge in [0.25, 0.3) is 0 Å². The number of anilines is 1. The minimum Gasteiger partial charge on any atom is -0.508 e. The van der Waals surface area contributed by atoms with Gasteiger partial charge in [-0.1, -0.05) is 13.0 Å². The highest BCUT2D eigenvalue weighted by Crippen LogP contribution is 2.43. The number of hydrogen-bond donors (Lipinski definition) is 2. The number of fused-ring (bicyclic) bond motifs is 5. The van der Waals surface area contributed by atoms with Gasteiger partial charge in [0.05, 0.1) is 42.0 Å². The minimum atomic E-state index is -0.948. The number of nitrogens with zero attached hydrogens (tertiary/aromatic N) is 6. The Morgan fingerprint density at radius 3 is 2.83 bits per heavy atom. The number of ether oxygens (including phenoxy) is 2. The van der Waals surface area contributed by atoms with Crippen molar-refractivity contribution >= 4 is 33.0 Å². The third kappa shape index (κ3) is 4.94.